The average molecular weight is 453 g/mol. The summed E-state index contributed by atoms with van der Waals surface area (Å²) in [4.78, 5) is 38.0. The lowest BCUT2D eigenvalue weighted by molar-refractivity contribution is -0.120. The highest BCUT2D eigenvalue weighted by Gasteiger charge is 2.17. The number of methoxy groups -OCH3 is 1. The Labute approximate surface area is 179 Å². The van der Waals surface area contributed by atoms with Crippen molar-refractivity contribution in [3.63, 3.8) is 0 Å². The molecular formula is C20H15Cl2FN2O5. The van der Waals surface area contributed by atoms with Crippen LogP contribution in [0.2, 0.25) is 10.0 Å². The molecule has 0 spiro atoms. The van der Waals surface area contributed by atoms with E-state index in [-0.39, 0.29) is 34.3 Å². The number of nitrogens with one attached hydrogen (secondary N) is 2. The molecule has 0 bridgehead atoms. The van der Waals surface area contributed by atoms with E-state index in [2.05, 4.69) is 10.3 Å². The van der Waals surface area contributed by atoms with E-state index in [0.29, 0.717) is 16.5 Å². The fourth-order valence-corrected chi connectivity index (χ4v) is 3.51. The van der Waals surface area contributed by atoms with Crippen molar-refractivity contribution in [1.82, 2.24) is 10.3 Å². The summed E-state index contributed by atoms with van der Waals surface area (Å²) in [5.74, 6) is -2.30. The van der Waals surface area contributed by atoms with Crippen LogP contribution in [0, 0.1) is 5.82 Å². The maximum Gasteiger partial charge on any atom is 0.341 e. The van der Waals surface area contributed by atoms with Gasteiger partial charge in [-0.05, 0) is 35.9 Å². The zero-order valence-electron chi connectivity index (χ0n) is 15.5. The highest BCUT2D eigenvalue weighted by atomic mass is 35.5. The quantitative estimate of drug-likeness (QED) is 0.529. The molecule has 3 rings (SSSR count). The number of ether oxygens (including phenoxy) is 1. The molecule has 3 N–H and O–H groups in total. The van der Waals surface area contributed by atoms with Gasteiger partial charge in [0.15, 0.2) is 0 Å². The minimum Gasteiger partial charge on any atom is -0.495 e. The minimum absolute atomic E-state index is 0.00591. The lowest BCUT2D eigenvalue weighted by Gasteiger charge is -2.12. The Morgan fingerprint density at radius 2 is 1.97 bits per heavy atom. The van der Waals surface area contributed by atoms with Crippen LogP contribution in [0.25, 0.3) is 10.9 Å². The minimum atomic E-state index is -1.37. The fourth-order valence-electron chi connectivity index (χ4n) is 2.97. The monoisotopic (exact) mass is 452 g/mol. The highest BCUT2D eigenvalue weighted by Crippen LogP contribution is 2.30. The summed E-state index contributed by atoms with van der Waals surface area (Å²) in [6.45, 7) is -0.0402. The summed E-state index contributed by atoms with van der Waals surface area (Å²) >= 11 is 12.2. The summed E-state index contributed by atoms with van der Waals surface area (Å²) in [5, 5.41) is 12.4. The Morgan fingerprint density at radius 3 is 2.63 bits per heavy atom. The SMILES string of the molecule is COc1ccc(F)c(CC(=O)NCc2cc(Cl)cc3cc(C(=O)O)c(=O)[nH]c23)c1Cl. The average Bonchev–Trinajstić information content (AvgIpc) is 2.69. The summed E-state index contributed by atoms with van der Waals surface area (Å²) in [5.41, 5.74) is -0.431. The molecule has 1 aromatic heterocycles. The van der Waals surface area contributed by atoms with Crippen molar-refractivity contribution in [3.8, 4) is 5.75 Å². The third-order valence-electron chi connectivity index (χ3n) is 4.41. The number of H-pyrrole nitrogens is 1. The largest absolute Gasteiger partial charge is 0.495 e. The third kappa shape index (κ3) is 4.39. The molecule has 0 radical (unpaired) electrons. The van der Waals surface area contributed by atoms with Gasteiger partial charge in [0.2, 0.25) is 5.91 Å². The number of carbonyl (C=O) groups is 2. The van der Waals surface area contributed by atoms with Gasteiger partial charge in [-0.15, -0.1) is 0 Å². The van der Waals surface area contributed by atoms with Crippen LogP contribution in [-0.2, 0) is 17.8 Å². The van der Waals surface area contributed by atoms with Gasteiger partial charge in [-0.1, -0.05) is 23.2 Å². The predicted molar refractivity (Wildman–Crippen MR) is 110 cm³/mol. The van der Waals surface area contributed by atoms with Crippen LogP contribution in [0.5, 0.6) is 5.75 Å². The summed E-state index contributed by atoms with van der Waals surface area (Å²) < 4.78 is 19.1. The van der Waals surface area contributed by atoms with E-state index >= 15 is 0 Å². The number of carboxylic acids is 1. The molecule has 0 atom stereocenters. The van der Waals surface area contributed by atoms with Crippen LogP contribution < -0.4 is 15.6 Å². The Balaban J connectivity index is 1.86. The molecule has 0 unspecified atom stereocenters. The standard InChI is InChI=1S/C20H15Cl2FN2O5/c1-30-15-3-2-14(23)12(17(15)22)7-16(26)24-8-10-5-11(21)4-9-6-13(20(28)29)19(27)25-18(9)10/h2-6H,7-8H2,1H3,(H,24,26)(H,25,27)(H,28,29). The van der Waals surface area contributed by atoms with E-state index in [9.17, 15) is 18.8 Å². The Bertz CT molecular complexity index is 1230. The van der Waals surface area contributed by atoms with Crippen LogP contribution in [0.3, 0.4) is 0 Å². The molecule has 3 aromatic rings. The molecule has 30 heavy (non-hydrogen) atoms. The van der Waals surface area contributed by atoms with E-state index in [0.717, 1.165) is 6.07 Å². The predicted octanol–water partition coefficient (Wildman–Crippen LogP) is 3.54. The number of carbonyl (C=O) groups excluding carboxylic acids is 1. The van der Waals surface area contributed by atoms with Crippen LogP contribution in [0.4, 0.5) is 4.39 Å². The molecule has 1 amide bonds. The molecule has 0 aliphatic carbocycles. The zero-order valence-corrected chi connectivity index (χ0v) is 17.0. The second kappa shape index (κ2) is 8.73. The van der Waals surface area contributed by atoms with Crippen molar-refractivity contribution >= 4 is 46.0 Å². The number of amides is 1. The van der Waals surface area contributed by atoms with Crippen LogP contribution in [0.15, 0.2) is 35.1 Å². The normalized spacial score (nSPS) is 10.8. The van der Waals surface area contributed by atoms with Gasteiger partial charge in [-0.25, -0.2) is 9.18 Å². The topological polar surface area (TPSA) is 108 Å². The number of aromatic nitrogens is 1. The number of hydrogen-bond acceptors (Lipinski definition) is 4. The number of aromatic carboxylic acids is 1. The second-order valence-electron chi connectivity index (χ2n) is 6.34. The third-order valence-corrected chi connectivity index (χ3v) is 5.05. The lowest BCUT2D eigenvalue weighted by atomic mass is 10.1. The Kier molecular flexibility index (Phi) is 6.28. The number of benzene rings is 2. The van der Waals surface area contributed by atoms with E-state index in [1.165, 1.54) is 31.4 Å². The lowest BCUT2D eigenvalue weighted by Crippen LogP contribution is -2.26. The highest BCUT2D eigenvalue weighted by molar-refractivity contribution is 6.33. The number of halogens is 3. The summed E-state index contributed by atoms with van der Waals surface area (Å²) in [6.07, 6.45) is -0.333. The molecule has 7 nitrogen and oxygen atoms in total. The first-order valence-electron chi connectivity index (χ1n) is 8.57. The van der Waals surface area contributed by atoms with Crippen molar-refractivity contribution in [3.05, 3.63) is 73.2 Å². The van der Waals surface area contributed by atoms with Crippen molar-refractivity contribution in [2.75, 3.05) is 7.11 Å². The maximum absolute atomic E-state index is 14.1. The molecule has 0 fully saturated rings. The van der Waals surface area contributed by atoms with Crippen molar-refractivity contribution in [2.24, 2.45) is 0 Å². The Morgan fingerprint density at radius 1 is 1.23 bits per heavy atom. The first-order chi connectivity index (χ1) is 14.2. The van der Waals surface area contributed by atoms with E-state index in [1.807, 2.05) is 0 Å². The van der Waals surface area contributed by atoms with Crippen LogP contribution >= 0.6 is 23.2 Å². The first-order valence-corrected chi connectivity index (χ1v) is 9.33. The molecule has 0 saturated heterocycles. The van der Waals surface area contributed by atoms with Crippen LogP contribution in [-0.4, -0.2) is 29.1 Å². The van der Waals surface area contributed by atoms with Crippen molar-refractivity contribution < 1.29 is 23.8 Å². The second-order valence-corrected chi connectivity index (χ2v) is 7.16. The summed E-state index contributed by atoms with van der Waals surface area (Å²) in [7, 11) is 1.38. The number of hydrogen-bond donors (Lipinski definition) is 3. The van der Waals surface area contributed by atoms with Gasteiger partial charge >= 0.3 is 5.97 Å². The number of pyridine rings is 1. The van der Waals surface area contributed by atoms with Gasteiger partial charge in [0.1, 0.15) is 17.1 Å². The fraction of sp³-hybridized carbons (Fsp3) is 0.150. The maximum atomic E-state index is 14.1. The van der Waals surface area contributed by atoms with Crippen molar-refractivity contribution in [1.29, 1.82) is 0 Å². The molecule has 156 valence electrons. The van der Waals surface area contributed by atoms with Gasteiger partial charge in [0, 0.05) is 22.5 Å². The molecule has 1 heterocycles. The molecular weight excluding hydrogens is 438 g/mol. The number of rotatable bonds is 6. The van der Waals surface area contributed by atoms with Gasteiger partial charge in [-0.3, -0.25) is 9.59 Å². The van der Waals surface area contributed by atoms with E-state index in [4.69, 9.17) is 33.0 Å². The van der Waals surface area contributed by atoms with E-state index < -0.39 is 28.8 Å². The first kappa shape index (κ1) is 21.6. The smallest absolute Gasteiger partial charge is 0.341 e. The van der Waals surface area contributed by atoms with Gasteiger partial charge < -0.3 is 20.1 Å². The molecule has 10 heteroatoms. The number of fused-ring (bicyclic) bond motifs is 1. The van der Waals surface area contributed by atoms with Crippen LogP contribution in [0.1, 0.15) is 21.5 Å². The number of aromatic amines is 1. The van der Waals surface area contributed by atoms with Gasteiger partial charge in [0.05, 0.1) is 24.1 Å². The van der Waals surface area contributed by atoms with Gasteiger partial charge in [-0.2, -0.15) is 0 Å². The van der Waals surface area contributed by atoms with Crippen molar-refractivity contribution in [2.45, 2.75) is 13.0 Å². The molecule has 2 aromatic carbocycles. The number of carboxylic acid groups (broad SMARTS) is 1. The Hall–Kier alpha value is -3.10. The molecule has 0 aliphatic heterocycles. The van der Waals surface area contributed by atoms with E-state index in [1.54, 1.807) is 0 Å². The summed E-state index contributed by atoms with van der Waals surface area (Å²) in [6, 6.07) is 6.75. The molecule has 0 saturated carbocycles. The van der Waals surface area contributed by atoms with Gasteiger partial charge in [0.25, 0.3) is 5.56 Å². The molecule has 0 aliphatic rings. The zero-order chi connectivity index (χ0) is 22.0.